The Bertz CT molecular complexity index is 828. The minimum atomic E-state index is -0.0447. The highest BCUT2D eigenvalue weighted by Gasteiger charge is 2.26. The van der Waals surface area contributed by atoms with Crippen LogP contribution in [0, 0.1) is 5.92 Å². The van der Waals surface area contributed by atoms with Crippen LogP contribution in [0.5, 0.6) is 0 Å². The Morgan fingerprint density at radius 2 is 1.90 bits per heavy atom. The predicted molar refractivity (Wildman–Crippen MR) is 118 cm³/mol. The van der Waals surface area contributed by atoms with Crippen LogP contribution >= 0.6 is 11.3 Å². The molecule has 0 radical (unpaired) electrons. The van der Waals surface area contributed by atoms with E-state index in [1.807, 2.05) is 22.4 Å². The zero-order chi connectivity index (χ0) is 20.1. The third kappa shape index (κ3) is 4.99. The number of piperidine rings is 1. The van der Waals surface area contributed by atoms with Crippen LogP contribution in [0.3, 0.4) is 0 Å². The monoisotopic (exact) mass is 411 g/mol. The standard InChI is InChI=1S/C23H29N3O2S/c27-22(8-3-12-24-23(28)21-7-4-16-29-21)25-13-9-18(10-14-25)17-26-15-11-19-5-1-2-6-20(19)26/h1-2,4-7,16,18H,3,8-15,17H2,(H,24,28). The van der Waals surface area contributed by atoms with Crippen molar-refractivity contribution in [2.24, 2.45) is 5.92 Å². The van der Waals surface area contributed by atoms with Crippen molar-refractivity contribution in [1.82, 2.24) is 10.2 Å². The molecule has 0 spiro atoms. The molecule has 0 aliphatic carbocycles. The number of rotatable bonds is 7. The Morgan fingerprint density at radius 1 is 1.07 bits per heavy atom. The SMILES string of the molecule is O=C(NCCCC(=O)N1CCC(CN2CCc3ccccc32)CC1)c1cccs1. The van der Waals surface area contributed by atoms with Gasteiger partial charge in [-0.25, -0.2) is 0 Å². The van der Waals surface area contributed by atoms with Gasteiger partial charge in [0.2, 0.25) is 5.91 Å². The van der Waals surface area contributed by atoms with Crippen LogP contribution < -0.4 is 10.2 Å². The van der Waals surface area contributed by atoms with Crippen molar-refractivity contribution in [3.8, 4) is 0 Å². The first-order valence-electron chi connectivity index (χ1n) is 10.6. The van der Waals surface area contributed by atoms with Gasteiger partial charge in [0.15, 0.2) is 0 Å². The molecule has 2 aromatic rings. The molecule has 2 aliphatic rings. The summed E-state index contributed by atoms with van der Waals surface area (Å²) in [7, 11) is 0. The van der Waals surface area contributed by atoms with Crippen molar-refractivity contribution in [2.75, 3.05) is 37.6 Å². The number of carbonyl (C=O) groups is 2. The number of nitrogens with one attached hydrogen (secondary N) is 1. The number of amides is 2. The quantitative estimate of drug-likeness (QED) is 0.709. The van der Waals surface area contributed by atoms with Crippen molar-refractivity contribution in [3.05, 3.63) is 52.2 Å². The molecule has 1 fully saturated rings. The molecule has 2 amide bonds. The Kier molecular flexibility index (Phi) is 6.49. The number of hydrogen-bond donors (Lipinski definition) is 1. The number of hydrogen-bond acceptors (Lipinski definition) is 4. The molecule has 0 atom stereocenters. The minimum Gasteiger partial charge on any atom is -0.371 e. The summed E-state index contributed by atoms with van der Waals surface area (Å²) >= 11 is 1.44. The average Bonchev–Trinajstić information content (AvgIpc) is 3.42. The van der Waals surface area contributed by atoms with E-state index in [4.69, 9.17) is 0 Å². The maximum Gasteiger partial charge on any atom is 0.261 e. The first kappa shape index (κ1) is 20.0. The fraction of sp³-hybridized carbons (Fsp3) is 0.478. The summed E-state index contributed by atoms with van der Waals surface area (Å²) in [6, 6.07) is 12.4. The number of para-hydroxylation sites is 1. The summed E-state index contributed by atoms with van der Waals surface area (Å²) in [5.41, 5.74) is 2.86. The van der Waals surface area contributed by atoms with E-state index in [2.05, 4.69) is 34.5 Å². The third-order valence-corrected chi connectivity index (χ3v) is 6.90. The molecule has 1 aromatic heterocycles. The second-order valence-electron chi connectivity index (χ2n) is 7.99. The van der Waals surface area contributed by atoms with Crippen LogP contribution in [0.25, 0.3) is 0 Å². The van der Waals surface area contributed by atoms with Crippen molar-refractivity contribution < 1.29 is 9.59 Å². The molecular formula is C23H29N3O2S. The maximum absolute atomic E-state index is 12.5. The molecule has 1 N–H and O–H groups in total. The lowest BCUT2D eigenvalue weighted by atomic mass is 9.95. The number of anilines is 1. The van der Waals surface area contributed by atoms with E-state index in [0.717, 1.165) is 50.3 Å². The number of thiophene rings is 1. The molecule has 0 unspecified atom stereocenters. The first-order chi connectivity index (χ1) is 14.2. The van der Waals surface area contributed by atoms with Crippen LogP contribution in [0.1, 0.15) is 40.9 Å². The van der Waals surface area contributed by atoms with Crippen LogP contribution in [0.15, 0.2) is 41.8 Å². The Hall–Kier alpha value is -2.34. The van der Waals surface area contributed by atoms with Gasteiger partial charge in [-0.3, -0.25) is 9.59 Å². The van der Waals surface area contributed by atoms with E-state index in [1.54, 1.807) is 0 Å². The Labute approximate surface area is 176 Å². The number of carbonyl (C=O) groups excluding carboxylic acids is 2. The van der Waals surface area contributed by atoms with Gasteiger partial charge in [-0.15, -0.1) is 11.3 Å². The molecule has 4 rings (SSSR count). The molecular weight excluding hydrogens is 382 g/mol. The van der Waals surface area contributed by atoms with Crippen LogP contribution in [-0.4, -0.2) is 49.4 Å². The predicted octanol–water partition coefficient (Wildman–Crippen LogP) is 3.56. The lowest BCUT2D eigenvalue weighted by molar-refractivity contribution is -0.132. The van der Waals surface area contributed by atoms with Gasteiger partial charge >= 0.3 is 0 Å². The maximum atomic E-state index is 12.5. The molecule has 5 nitrogen and oxygen atoms in total. The molecule has 0 bridgehead atoms. The van der Waals surface area contributed by atoms with Crippen LogP contribution in [0.2, 0.25) is 0 Å². The molecule has 1 aromatic carbocycles. The lowest BCUT2D eigenvalue weighted by Gasteiger charge is -2.34. The molecule has 6 heteroatoms. The van der Waals surface area contributed by atoms with E-state index in [9.17, 15) is 9.59 Å². The van der Waals surface area contributed by atoms with Gasteiger partial charge in [0.25, 0.3) is 5.91 Å². The summed E-state index contributed by atoms with van der Waals surface area (Å²) in [5, 5.41) is 4.79. The van der Waals surface area contributed by atoms with Crippen LogP contribution in [-0.2, 0) is 11.2 Å². The van der Waals surface area contributed by atoms with Gasteiger partial charge in [0.05, 0.1) is 4.88 Å². The van der Waals surface area contributed by atoms with Gasteiger partial charge < -0.3 is 15.1 Å². The smallest absolute Gasteiger partial charge is 0.261 e. The number of benzene rings is 1. The van der Waals surface area contributed by atoms with Crippen LogP contribution in [0.4, 0.5) is 5.69 Å². The fourth-order valence-corrected chi connectivity index (χ4v) is 5.01. The summed E-state index contributed by atoms with van der Waals surface area (Å²) < 4.78 is 0. The Balaban J connectivity index is 1.14. The normalized spacial score (nSPS) is 16.7. The number of nitrogens with zero attached hydrogens (tertiary/aromatic N) is 2. The first-order valence-corrected chi connectivity index (χ1v) is 11.5. The molecule has 1 saturated heterocycles. The summed E-state index contributed by atoms with van der Waals surface area (Å²) in [6.45, 7) is 4.50. The molecule has 0 saturated carbocycles. The van der Waals surface area contributed by atoms with Gasteiger partial charge in [-0.2, -0.15) is 0 Å². The zero-order valence-electron chi connectivity index (χ0n) is 16.8. The second kappa shape index (κ2) is 9.44. The highest BCUT2D eigenvalue weighted by molar-refractivity contribution is 7.12. The van der Waals surface area contributed by atoms with Crippen molar-refractivity contribution in [3.63, 3.8) is 0 Å². The van der Waals surface area contributed by atoms with E-state index >= 15 is 0 Å². The highest BCUT2D eigenvalue weighted by Crippen LogP contribution is 2.30. The van der Waals surface area contributed by atoms with Gasteiger partial charge in [-0.1, -0.05) is 24.3 Å². The fourth-order valence-electron chi connectivity index (χ4n) is 4.37. The lowest BCUT2D eigenvalue weighted by Crippen LogP contribution is -2.41. The minimum absolute atomic E-state index is 0.0447. The summed E-state index contributed by atoms with van der Waals surface area (Å²) in [6.07, 6.45) is 4.52. The molecule has 29 heavy (non-hydrogen) atoms. The van der Waals surface area contributed by atoms with E-state index < -0.39 is 0 Å². The topological polar surface area (TPSA) is 52.7 Å². The summed E-state index contributed by atoms with van der Waals surface area (Å²) in [4.78, 5) is 29.7. The highest BCUT2D eigenvalue weighted by atomic mass is 32.1. The number of likely N-dealkylation sites (tertiary alicyclic amines) is 1. The Morgan fingerprint density at radius 3 is 2.69 bits per heavy atom. The molecule has 2 aliphatic heterocycles. The third-order valence-electron chi connectivity index (χ3n) is 6.03. The van der Waals surface area contributed by atoms with E-state index in [0.29, 0.717) is 25.3 Å². The van der Waals surface area contributed by atoms with Crippen molar-refractivity contribution >= 4 is 28.8 Å². The van der Waals surface area contributed by atoms with Gasteiger partial charge in [-0.05, 0) is 54.7 Å². The zero-order valence-corrected chi connectivity index (χ0v) is 17.6. The largest absolute Gasteiger partial charge is 0.371 e. The summed E-state index contributed by atoms with van der Waals surface area (Å²) in [5.74, 6) is 0.840. The second-order valence-corrected chi connectivity index (χ2v) is 8.93. The average molecular weight is 412 g/mol. The van der Waals surface area contributed by atoms with Gasteiger partial charge in [0, 0.05) is 44.8 Å². The molecule has 3 heterocycles. The van der Waals surface area contributed by atoms with E-state index in [-0.39, 0.29) is 11.8 Å². The van der Waals surface area contributed by atoms with E-state index in [1.165, 1.54) is 22.6 Å². The van der Waals surface area contributed by atoms with Crippen molar-refractivity contribution in [2.45, 2.75) is 32.1 Å². The van der Waals surface area contributed by atoms with Crippen molar-refractivity contribution in [1.29, 1.82) is 0 Å². The molecule has 154 valence electrons. The number of fused-ring (bicyclic) bond motifs is 1. The van der Waals surface area contributed by atoms with Gasteiger partial charge in [0.1, 0.15) is 0 Å².